The first-order valence-corrected chi connectivity index (χ1v) is 21.4. The van der Waals surface area contributed by atoms with Crippen LogP contribution in [0.4, 0.5) is 0 Å². The molecule has 0 heterocycles. The SMILES string of the molecule is [Cl][Pt].[Cl][Pt].c1ccc(P(c2ccccc2)c2ccccc2)cc1.c1ccc(P(c2ccccc2)c2ccccc2)cc1. The van der Waals surface area contributed by atoms with E-state index in [1.54, 1.807) is 37.5 Å². The Bertz CT molecular complexity index is 1190. The van der Waals surface area contributed by atoms with E-state index >= 15 is 0 Å². The summed E-state index contributed by atoms with van der Waals surface area (Å²) >= 11 is 3.22. The molecule has 0 unspecified atom stereocenters. The van der Waals surface area contributed by atoms with E-state index in [1.807, 2.05) is 0 Å². The molecule has 0 aliphatic heterocycles. The molecule has 0 saturated heterocycles. The summed E-state index contributed by atoms with van der Waals surface area (Å²) in [6.07, 6.45) is 0. The van der Waals surface area contributed by atoms with Crippen LogP contribution < -0.4 is 31.8 Å². The first kappa shape index (κ1) is 34.6. The average molecular weight is 986 g/mol. The van der Waals surface area contributed by atoms with Gasteiger partial charge in [0.1, 0.15) is 0 Å². The van der Waals surface area contributed by atoms with Gasteiger partial charge in [-0.15, -0.1) is 0 Å². The number of benzene rings is 6. The molecule has 0 radical (unpaired) electrons. The van der Waals surface area contributed by atoms with Crippen LogP contribution in [0.15, 0.2) is 182 Å². The minimum Gasteiger partial charge on any atom is -0.0622 e. The second-order valence-electron chi connectivity index (χ2n) is 8.68. The Hall–Kier alpha value is -1.86. The molecule has 6 aromatic carbocycles. The summed E-state index contributed by atoms with van der Waals surface area (Å²) in [6.45, 7) is 0. The fourth-order valence-electron chi connectivity index (χ4n) is 4.36. The molecule has 0 amide bonds. The largest absolute Gasteiger partial charge is 0.0622 e. The zero-order chi connectivity index (χ0) is 29.8. The third kappa shape index (κ3) is 10.7. The molecule has 0 N–H and O–H groups in total. The molecule has 6 heteroatoms. The molecule has 0 nitrogen and oxygen atoms in total. The van der Waals surface area contributed by atoms with E-state index in [9.17, 15) is 0 Å². The van der Waals surface area contributed by atoms with Crippen LogP contribution in [-0.2, 0) is 37.5 Å². The van der Waals surface area contributed by atoms with E-state index in [4.69, 9.17) is 0 Å². The van der Waals surface area contributed by atoms with Crippen molar-refractivity contribution < 1.29 is 37.5 Å². The second-order valence-corrected chi connectivity index (χ2v) is 13.1. The third-order valence-corrected chi connectivity index (χ3v) is 11.0. The summed E-state index contributed by atoms with van der Waals surface area (Å²) in [5.41, 5.74) is 0. The van der Waals surface area contributed by atoms with Gasteiger partial charge in [-0.1, -0.05) is 182 Å². The van der Waals surface area contributed by atoms with Crippen LogP contribution in [0.5, 0.6) is 0 Å². The van der Waals surface area contributed by atoms with E-state index in [0.717, 1.165) is 0 Å². The molecule has 0 bridgehead atoms. The monoisotopic (exact) mass is 984 g/mol. The maximum atomic E-state index is 4.61. The molecular formula is C36H30Cl2P2Pt2. The van der Waals surface area contributed by atoms with Gasteiger partial charge in [0, 0.05) is 0 Å². The van der Waals surface area contributed by atoms with Crippen molar-refractivity contribution in [2.24, 2.45) is 0 Å². The van der Waals surface area contributed by atoms with Gasteiger partial charge in [0.15, 0.2) is 0 Å². The summed E-state index contributed by atoms with van der Waals surface area (Å²) in [5, 5.41) is 8.39. The normalized spacial score (nSPS) is 9.90. The standard InChI is InChI=1S/2C18H15P.2ClH.2Pt/c2*1-4-10-16(11-5-1)19(17-12-6-2-7-13-17)18-14-8-3-9-15-18;;;;/h2*1-15H;2*1H;;/q;;;;2*+1/p-2. The predicted molar refractivity (Wildman–Crippen MR) is 182 cm³/mol. The van der Waals surface area contributed by atoms with Crippen molar-refractivity contribution in [1.29, 1.82) is 0 Å². The summed E-state index contributed by atoms with van der Waals surface area (Å²) < 4.78 is 0. The van der Waals surface area contributed by atoms with Gasteiger partial charge in [-0.2, -0.15) is 0 Å². The minimum atomic E-state index is -0.446. The summed E-state index contributed by atoms with van der Waals surface area (Å²) in [6, 6.07) is 64.7. The molecule has 0 saturated carbocycles. The predicted octanol–water partition coefficient (Wildman–Crippen LogP) is 8.26. The fourth-order valence-corrected chi connectivity index (χ4v) is 8.97. The van der Waals surface area contributed by atoms with Crippen molar-refractivity contribution in [3.05, 3.63) is 182 Å². The molecule has 6 aromatic rings. The molecule has 0 aliphatic carbocycles. The van der Waals surface area contributed by atoms with Gasteiger partial charge < -0.3 is 0 Å². The van der Waals surface area contributed by atoms with E-state index in [1.165, 1.54) is 31.8 Å². The van der Waals surface area contributed by atoms with Crippen molar-refractivity contribution in [1.82, 2.24) is 0 Å². The van der Waals surface area contributed by atoms with Crippen LogP contribution >= 0.6 is 34.7 Å². The average Bonchev–Trinajstić information content (AvgIpc) is 3.10. The zero-order valence-electron chi connectivity index (χ0n) is 22.6. The van der Waals surface area contributed by atoms with Crippen molar-refractivity contribution in [2.45, 2.75) is 0 Å². The van der Waals surface area contributed by atoms with Crippen molar-refractivity contribution in [3.8, 4) is 0 Å². The van der Waals surface area contributed by atoms with Gasteiger partial charge in [-0.3, -0.25) is 0 Å². The molecule has 0 spiro atoms. The maximum Gasteiger partial charge on any atom is -0.0134 e. The summed E-state index contributed by atoms with van der Waals surface area (Å²) in [7, 11) is 8.33. The molecular weight excluding hydrogens is 955 g/mol. The van der Waals surface area contributed by atoms with Gasteiger partial charge >= 0.3 is 56.4 Å². The van der Waals surface area contributed by atoms with Crippen LogP contribution in [0.1, 0.15) is 0 Å². The summed E-state index contributed by atoms with van der Waals surface area (Å²) in [4.78, 5) is 0. The maximum absolute atomic E-state index is 4.61. The van der Waals surface area contributed by atoms with Gasteiger partial charge in [0.05, 0.1) is 0 Å². The number of halogens is 2. The topological polar surface area (TPSA) is 0 Å². The van der Waals surface area contributed by atoms with Crippen LogP contribution in [0.2, 0.25) is 0 Å². The molecule has 0 aliphatic rings. The first-order valence-electron chi connectivity index (χ1n) is 13.0. The van der Waals surface area contributed by atoms with Crippen molar-refractivity contribution in [3.63, 3.8) is 0 Å². The van der Waals surface area contributed by atoms with Crippen LogP contribution in [0.3, 0.4) is 0 Å². The molecule has 218 valence electrons. The third-order valence-electron chi connectivity index (χ3n) is 6.09. The Labute approximate surface area is 283 Å². The summed E-state index contributed by atoms with van der Waals surface area (Å²) in [5.74, 6) is 0. The Morgan fingerprint density at radius 2 is 0.357 bits per heavy atom. The quantitative estimate of drug-likeness (QED) is 0.148. The Morgan fingerprint density at radius 3 is 0.476 bits per heavy atom. The second kappa shape index (κ2) is 20.9. The Kier molecular flexibility index (Phi) is 17.3. The van der Waals surface area contributed by atoms with Crippen molar-refractivity contribution >= 4 is 66.5 Å². The van der Waals surface area contributed by atoms with E-state index in [-0.39, 0.29) is 0 Å². The molecule has 0 atom stereocenters. The van der Waals surface area contributed by atoms with Gasteiger partial charge in [0.2, 0.25) is 0 Å². The van der Waals surface area contributed by atoms with Crippen LogP contribution in [0.25, 0.3) is 0 Å². The zero-order valence-corrected chi connectivity index (χ0v) is 30.4. The van der Waals surface area contributed by atoms with Gasteiger partial charge in [-0.05, 0) is 47.7 Å². The number of rotatable bonds is 6. The van der Waals surface area contributed by atoms with Gasteiger partial charge in [0.25, 0.3) is 0 Å². The molecule has 42 heavy (non-hydrogen) atoms. The first-order chi connectivity index (χ1) is 20.9. The van der Waals surface area contributed by atoms with Crippen LogP contribution in [-0.4, -0.2) is 0 Å². The number of hydrogen-bond acceptors (Lipinski definition) is 0. The Balaban J connectivity index is 0.000000206. The molecule has 0 aromatic heterocycles. The van der Waals surface area contributed by atoms with E-state index in [2.05, 4.69) is 201 Å². The fraction of sp³-hybridized carbons (Fsp3) is 0. The minimum absolute atomic E-state index is 0.446. The smallest absolute Gasteiger partial charge is 0.0134 e. The van der Waals surface area contributed by atoms with E-state index in [0.29, 0.717) is 0 Å². The van der Waals surface area contributed by atoms with Crippen LogP contribution in [0, 0.1) is 0 Å². The number of hydrogen-bond donors (Lipinski definition) is 0. The van der Waals surface area contributed by atoms with Crippen molar-refractivity contribution in [2.75, 3.05) is 0 Å². The van der Waals surface area contributed by atoms with E-state index < -0.39 is 15.8 Å². The Morgan fingerprint density at radius 1 is 0.238 bits per heavy atom. The molecule has 6 rings (SSSR count). The molecule has 0 fully saturated rings. The van der Waals surface area contributed by atoms with Gasteiger partial charge in [-0.25, -0.2) is 0 Å².